The third-order valence-electron chi connectivity index (χ3n) is 2.54. The molecule has 0 heterocycles. The van der Waals surface area contributed by atoms with E-state index in [0.29, 0.717) is 16.6 Å². The molecule has 2 N–H and O–H groups in total. The molecule has 1 aromatic carbocycles. The highest BCUT2D eigenvalue weighted by atomic mass is 79.9. The molecule has 0 saturated carbocycles. The van der Waals surface area contributed by atoms with Crippen LogP contribution in [-0.4, -0.2) is 37.0 Å². The molecule has 1 aromatic rings. The Morgan fingerprint density at radius 2 is 1.90 bits per heavy atom. The Hall–Kier alpha value is -1.89. The average Bonchev–Trinajstić information content (AvgIpc) is 2.45. The Bertz CT molecular complexity index is 533. The maximum absolute atomic E-state index is 11.9. The zero-order valence-corrected chi connectivity index (χ0v) is 13.4. The first-order valence-electron chi connectivity index (χ1n) is 6.45. The molecule has 0 spiro atoms. The number of benzene rings is 1. The molecule has 6 nitrogen and oxygen atoms in total. The quantitative estimate of drug-likeness (QED) is 0.751. The maximum Gasteiger partial charge on any atom is 0.326 e. The van der Waals surface area contributed by atoms with Gasteiger partial charge in [0.15, 0.2) is 6.10 Å². The number of likely N-dealkylation sites (N-methyl/N-ethyl adjacent to an activating group) is 1. The zero-order chi connectivity index (χ0) is 15.8. The van der Waals surface area contributed by atoms with Crippen LogP contribution in [-0.2, 0) is 14.3 Å². The third kappa shape index (κ3) is 5.55. The van der Waals surface area contributed by atoms with Gasteiger partial charge in [-0.25, -0.2) is 0 Å². The van der Waals surface area contributed by atoms with E-state index in [1.54, 1.807) is 31.2 Å². The molecule has 7 heteroatoms. The van der Waals surface area contributed by atoms with E-state index in [2.05, 4.69) is 26.6 Å². The number of esters is 1. The van der Waals surface area contributed by atoms with Gasteiger partial charge in [-0.2, -0.15) is 0 Å². The molecule has 0 aliphatic rings. The summed E-state index contributed by atoms with van der Waals surface area (Å²) in [6.07, 6.45) is -0.891. The summed E-state index contributed by atoms with van der Waals surface area (Å²) in [6.45, 7) is 3.40. The molecule has 114 valence electrons. The summed E-state index contributed by atoms with van der Waals surface area (Å²) >= 11 is 3.25. The molecular weight excluding hydrogens is 340 g/mol. The minimum absolute atomic E-state index is 0.302. The van der Waals surface area contributed by atoms with Crippen molar-refractivity contribution in [2.75, 3.05) is 13.1 Å². The van der Waals surface area contributed by atoms with Gasteiger partial charge in [-0.05, 0) is 41.9 Å². The number of nitrogens with one attached hydrogen (secondary N) is 2. The second-order valence-electron chi connectivity index (χ2n) is 4.19. The molecule has 0 saturated heterocycles. The fourth-order valence-electron chi connectivity index (χ4n) is 1.50. The van der Waals surface area contributed by atoms with Gasteiger partial charge in [-0.3, -0.25) is 14.4 Å². The monoisotopic (exact) mass is 356 g/mol. The molecule has 0 aliphatic carbocycles. The normalized spacial score (nSPS) is 11.4. The van der Waals surface area contributed by atoms with Gasteiger partial charge in [0.25, 0.3) is 11.8 Å². The number of rotatable bonds is 6. The molecule has 21 heavy (non-hydrogen) atoms. The van der Waals surface area contributed by atoms with Crippen LogP contribution in [0.15, 0.2) is 28.7 Å². The molecular formula is C14H17BrN2O4. The smallest absolute Gasteiger partial charge is 0.326 e. The largest absolute Gasteiger partial charge is 0.451 e. The molecule has 1 rings (SSSR count). The van der Waals surface area contributed by atoms with Crippen LogP contribution in [0.3, 0.4) is 0 Å². The van der Waals surface area contributed by atoms with E-state index >= 15 is 0 Å². The van der Waals surface area contributed by atoms with Crippen molar-refractivity contribution in [1.29, 1.82) is 0 Å². The van der Waals surface area contributed by atoms with Crippen molar-refractivity contribution in [3.63, 3.8) is 0 Å². The molecule has 0 bridgehead atoms. The van der Waals surface area contributed by atoms with Gasteiger partial charge < -0.3 is 15.4 Å². The third-order valence-corrected chi connectivity index (χ3v) is 3.23. The van der Waals surface area contributed by atoms with Crippen LogP contribution >= 0.6 is 15.9 Å². The summed E-state index contributed by atoms with van der Waals surface area (Å²) in [5.74, 6) is -1.44. The molecule has 2 amide bonds. The van der Waals surface area contributed by atoms with Crippen molar-refractivity contribution in [1.82, 2.24) is 10.6 Å². The lowest BCUT2D eigenvalue weighted by atomic mass is 10.2. The van der Waals surface area contributed by atoms with Gasteiger partial charge >= 0.3 is 5.97 Å². The summed E-state index contributed by atoms with van der Waals surface area (Å²) in [6, 6.07) is 6.85. The van der Waals surface area contributed by atoms with Crippen molar-refractivity contribution >= 4 is 33.7 Å². The van der Waals surface area contributed by atoms with E-state index in [1.807, 2.05) is 0 Å². The standard InChI is InChI=1S/C14H17BrN2O4/c1-3-16-13(19)9(2)21-12(18)8-17-14(20)10-6-4-5-7-11(10)15/h4-7,9H,3,8H2,1-2H3,(H,16,19)(H,17,20)/t9-/m0/s1. The first-order chi connectivity index (χ1) is 9.95. The number of amides is 2. The number of halogens is 1. The van der Waals surface area contributed by atoms with E-state index in [-0.39, 0.29) is 12.5 Å². The first kappa shape index (κ1) is 17.2. The zero-order valence-electron chi connectivity index (χ0n) is 11.8. The molecule has 0 aromatic heterocycles. The van der Waals surface area contributed by atoms with Crippen LogP contribution in [0.5, 0.6) is 0 Å². The number of carbonyl (C=O) groups is 3. The Balaban J connectivity index is 2.45. The SMILES string of the molecule is CCNC(=O)[C@H](C)OC(=O)CNC(=O)c1ccccc1Br. The Labute approximate surface area is 131 Å². The maximum atomic E-state index is 11.9. The number of carbonyl (C=O) groups excluding carboxylic acids is 3. The topological polar surface area (TPSA) is 84.5 Å². The molecule has 0 fully saturated rings. The fourth-order valence-corrected chi connectivity index (χ4v) is 1.97. The highest BCUT2D eigenvalue weighted by molar-refractivity contribution is 9.10. The lowest BCUT2D eigenvalue weighted by Crippen LogP contribution is -2.38. The average molecular weight is 357 g/mol. The minimum atomic E-state index is -0.891. The second-order valence-corrected chi connectivity index (χ2v) is 5.04. The number of hydrogen-bond donors (Lipinski definition) is 2. The van der Waals surface area contributed by atoms with Gasteiger partial charge in [0, 0.05) is 11.0 Å². The summed E-state index contributed by atoms with van der Waals surface area (Å²) in [5.41, 5.74) is 0.419. The predicted molar refractivity (Wildman–Crippen MR) is 80.7 cm³/mol. The molecule has 0 unspecified atom stereocenters. The summed E-state index contributed by atoms with van der Waals surface area (Å²) in [5, 5.41) is 4.98. The highest BCUT2D eigenvalue weighted by Crippen LogP contribution is 2.15. The van der Waals surface area contributed by atoms with E-state index < -0.39 is 18.0 Å². The Morgan fingerprint density at radius 1 is 1.24 bits per heavy atom. The van der Waals surface area contributed by atoms with Crippen LogP contribution < -0.4 is 10.6 Å². The fraction of sp³-hybridized carbons (Fsp3) is 0.357. The van der Waals surface area contributed by atoms with Gasteiger partial charge in [0.05, 0.1) is 5.56 Å². The Kier molecular flexibility index (Phi) is 6.87. The van der Waals surface area contributed by atoms with Crippen molar-refractivity contribution in [2.45, 2.75) is 20.0 Å². The molecule has 0 radical (unpaired) electrons. The first-order valence-corrected chi connectivity index (χ1v) is 7.25. The predicted octanol–water partition coefficient (Wildman–Crippen LogP) is 1.25. The summed E-state index contributed by atoms with van der Waals surface area (Å²) in [7, 11) is 0. The van der Waals surface area contributed by atoms with Crippen LogP contribution in [0.1, 0.15) is 24.2 Å². The minimum Gasteiger partial charge on any atom is -0.451 e. The summed E-state index contributed by atoms with van der Waals surface area (Å²) < 4.78 is 5.53. The van der Waals surface area contributed by atoms with Gasteiger partial charge in [-0.15, -0.1) is 0 Å². The van der Waals surface area contributed by atoms with Crippen molar-refractivity contribution < 1.29 is 19.1 Å². The van der Waals surface area contributed by atoms with E-state index in [4.69, 9.17) is 4.74 Å². The van der Waals surface area contributed by atoms with E-state index in [1.165, 1.54) is 6.92 Å². The molecule has 1 atom stereocenters. The summed E-state index contributed by atoms with van der Waals surface area (Å²) in [4.78, 5) is 34.8. The highest BCUT2D eigenvalue weighted by Gasteiger charge is 2.17. The number of ether oxygens (including phenoxy) is 1. The van der Waals surface area contributed by atoms with Crippen molar-refractivity contribution in [2.24, 2.45) is 0 Å². The van der Waals surface area contributed by atoms with Crippen molar-refractivity contribution in [3.05, 3.63) is 34.3 Å². The lowest BCUT2D eigenvalue weighted by Gasteiger charge is -2.13. The van der Waals surface area contributed by atoms with Crippen molar-refractivity contribution in [3.8, 4) is 0 Å². The van der Waals surface area contributed by atoms with Gasteiger partial charge in [0.1, 0.15) is 6.54 Å². The number of hydrogen-bond acceptors (Lipinski definition) is 4. The van der Waals surface area contributed by atoms with Crippen LogP contribution in [0.25, 0.3) is 0 Å². The van der Waals surface area contributed by atoms with Crippen LogP contribution in [0.4, 0.5) is 0 Å². The Morgan fingerprint density at radius 3 is 2.52 bits per heavy atom. The van der Waals surface area contributed by atoms with Crippen LogP contribution in [0.2, 0.25) is 0 Å². The van der Waals surface area contributed by atoms with Crippen LogP contribution in [0, 0.1) is 0 Å². The van der Waals surface area contributed by atoms with E-state index in [9.17, 15) is 14.4 Å². The molecule has 0 aliphatic heterocycles. The second kappa shape index (κ2) is 8.41. The van der Waals surface area contributed by atoms with Gasteiger partial charge in [0.2, 0.25) is 0 Å². The lowest BCUT2D eigenvalue weighted by molar-refractivity contribution is -0.153. The van der Waals surface area contributed by atoms with Gasteiger partial charge in [-0.1, -0.05) is 12.1 Å². The van der Waals surface area contributed by atoms with E-state index in [0.717, 1.165) is 0 Å².